The van der Waals surface area contributed by atoms with Crippen LogP contribution in [0.25, 0.3) is 11.1 Å². The number of thioether (sulfide) groups is 1. The van der Waals surface area contributed by atoms with Gasteiger partial charge in [-0.15, -0.1) is 11.8 Å². The SMILES string of the molecule is CSc1cnc(CC2CC(Nc3nc4ccccc4o3)C2)nc1. The van der Waals surface area contributed by atoms with E-state index in [0.29, 0.717) is 18.0 Å². The molecular formula is C17H18N4OS. The van der Waals surface area contributed by atoms with Crippen LogP contribution in [0.5, 0.6) is 0 Å². The lowest BCUT2D eigenvalue weighted by atomic mass is 9.78. The molecule has 1 fully saturated rings. The molecule has 0 aliphatic heterocycles. The zero-order valence-electron chi connectivity index (χ0n) is 12.9. The first kappa shape index (κ1) is 14.5. The minimum absolute atomic E-state index is 0.429. The molecule has 118 valence electrons. The molecule has 1 aliphatic rings. The van der Waals surface area contributed by atoms with Crippen molar-refractivity contribution in [2.75, 3.05) is 11.6 Å². The van der Waals surface area contributed by atoms with Crippen LogP contribution in [0.3, 0.4) is 0 Å². The predicted molar refractivity (Wildman–Crippen MR) is 91.7 cm³/mol. The van der Waals surface area contributed by atoms with Gasteiger partial charge >= 0.3 is 0 Å². The van der Waals surface area contributed by atoms with Gasteiger partial charge in [0, 0.05) is 29.8 Å². The molecule has 6 heteroatoms. The van der Waals surface area contributed by atoms with Crippen molar-refractivity contribution in [1.82, 2.24) is 15.0 Å². The molecule has 1 saturated carbocycles. The number of hydrogen-bond donors (Lipinski definition) is 1. The Morgan fingerprint density at radius 1 is 1.22 bits per heavy atom. The van der Waals surface area contributed by atoms with Crippen molar-refractivity contribution < 1.29 is 4.42 Å². The lowest BCUT2D eigenvalue weighted by Crippen LogP contribution is -2.36. The first-order chi connectivity index (χ1) is 11.3. The topological polar surface area (TPSA) is 63.8 Å². The number of anilines is 1. The number of fused-ring (bicyclic) bond motifs is 1. The van der Waals surface area contributed by atoms with Crippen molar-refractivity contribution in [3.63, 3.8) is 0 Å². The zero-order valence-corrected chi connectivity index (χ0v) is 13.7. The van der Waals surface area contributed by atoms with E-state index in [9.17, 15) is 0 Å². The average Bonchev–Trinajstić information content (AvgIpc) is 2.96. The summed E-state index contributed by atoms with van der Waals surface area (Å²) in [7, 11) is 0. The van der Waals surface area contributed by atoms with Gasteiger partial charge in [0.15, 0.2) is 5.58 Å². The summed E-state index contributed by atoms with van der Waals surface area (Å²) in [5.41, 5.74) is 1.72. The lowest BCUT2D eigenvalue weighted by Gasteiger charge is -2.34. The standard InChI is InChI=1S/C17H18N4OS/c1-23-13-9-18-16(19-10-13)8-11-6-12(7-11)20-17-21-14-4-2-3-5-15(14)22-17/h2-5,9-12H,6-8H2,1H3,(H,20,21). The summed E-state index contributed by atoms with van der Waals surface area (Å²) < 4.78 is 5.70. The van der Waals surface area contributed by atoms with Crippen molar-refractivity contribution in [2.24, 2.45) is 5.92 Å². The van der Waals surface area contributed by atoms with Gasteiger partial charge in [-0.05, 0) is 37.1 Å². The number of nitrogens with zero attached hydrogens (tertiary/aromatic N) is 3. The minimum atomic E-state index is 0.429. The number of benzene rings is 1. The Balaban J connectivity index is 1.30. The van der Waals surface area contributed by atoms with Gasteiger partial charge in [-0.25, -0.2) is 9.97 Å². The molecule has 0 saturated heterocycles. The van der Waals surface area contributed by atoms with E-state index in [4.69, 9.17) is 4.42 Å². The summed E-state index contributed by atoms with van der Waals surface area (Å²) >= 11 is 1.67. The lowest BCUT2D eigenvalue weighted by molar-refractivity contribution is 0.273. The zero-order chi connectivity index (χ0) is 15.6. The number of nitrogens with one attached hydrogen (secondary N) is 1. The Hall–Kier alpha value is -2.08. The van der Waals surface area contributed by atoms with Crippen molar-refractivity contribution in [2.45, 2.75) is 30.2 Å². The van der Waals surface area contributed by atoms with Crippen LogP contribution < -0.4 is 5.32 Å². The van der Waals surface area contributed by atoms with Crippen LogP contribution >= 0.6 is 11.8 Å². The third kappa shape index (κ3) is 3.17. The number of rotatable bonds is 5. The van der Waals surface area contributed by atoms with E-state index < -0.39 is 0 Å². The number of hydrogen-bond acceptors (Lipinski definition) is 6. The highest BCUT2D eigenvalue weighted by molar-refractivity contribution is 7.98. The molecule has 0 atom stereocenters. The van der Waals surface area contributed by atoms with Gasteiger partial charge in [0.2, 0.25) is 0 Å². The van der Waals surface area contributed by atoms with E-state index in [1.165, 1.54) is 0 Å². The minimum Gasteiger partial charge on any atom is -0.424 e. The number of aromatic nitrogens is 3. The fourth-order valence-corrected chi connectivity index (χ4v) is 3.26. The second-order valence-corrected chi connectivity index (χ2v) is 6.79. The van der Waals surface area contributed by atoms with Crippen LogP contribution in [-0.4, -0.2) is 27.2 Å². The number of oxazole rings is 1. The molecule has 0 amide bonds. The maximum absolute atomic E-state index is 5.70. The highest BCUT2D eigenvalue weighted by Gasteiger charge is 2.30. The maximum atomic E-state index is 5.70. The Morgan fingerprint density at radius 2 is 2.00 bits per heavy atom. The van der Waals surface area contributed by atoms with Crippen LogP contribution in [0, 0.1) is 5.92 Å². The molecule has 2 heterocycles. The van der Waals surface area contributed by atoms with E-state index >= 15 is 0 Å². The molecule has 5 nitrogen and oxygen atoms in total. The van der Waals surface area contributed by atoms with Gasteiger partial charge in [0.1, 0.15) is 11.3 Å². The first-order valence-electron chi connectivity index (χ1n) is 7.77. The predicted octanol–water partition coefficient (Wildman–Crippen LogP) is 3.77. The van der Waals surface area contributed by atoms with E-state index in [-0.39, 0.29) is 0 Å². The van der Waals surface area contributed by atoms with Gasteiger partial charge < -0.3 is 9.73 Å². The van der Waals surface area contributed by atoms with E-state index in [1.807, 2.05) is 42.9 Å². The average molecular weight is 326 g/mol. The van der Waals surface area contributed by atoms with Gasteiger partial charge in [0.25, 0.3) is 6.01 Å². The van der Waals surface area contributed by atoms with Crippen LogP contribution in [0.15, 0.2) is 46.0 Å². The fraction of sp³-hybridized carbons (Fsp3) is 0.353. The maximum Gasteiger partial charge on any atom is 0.295 e. The molecule has 0 radical (unpaired) electrons. The van der Waals surface area contributed by atoms with Crippen molar-refractivity contribution >= 4 is 28.9 Å². The molecule has 3 aromatic rings. The summed E-state index contributed by atoms with van der Waals surface area (Å²) in [6.07, 6.45) is 8.99. The first-order valence-corrected chi connectivity index (χ1v) is 8.99. The molecule has 1 aromatic carbocycles. The Kier molecular flexibility index (Phi) is 3.91. The van der Waals surface area contributed by atoms with Gasteiger partial charge in [-0.2, -0.15) is 4.98 Å². The fourth-order valence-electron chi connectivity index (χ4n) is 2.94. The van der Waals surface area contributed by atoms with Crippen LogP contribution in [0.4, 0.5) is 6.01 Å². The highest BCUT2D eigenvalue weighted by Crippen LogP contribution is 2.32. The molecule has 1 N–H and O–H groups in total. The van der Waals surface area contributed by atoms with Gasteiger partial charge in [-0.1, -0.05) is 12.1 Å². The summed E-state index contributed by atoms with van der Waals surface area (Å²) in [6, 6.07) is 8.87. The van der Waals surface area contributed by atoms with Crippen LogP contribution in [0.2, 0.25) is 0 Å². The Labute approximate surface area is 138 Å². The molecule has 2 aromatic heterocycles. The van der Waals surface area contributed by atoms with Crippen LogP contribution in [0.1, 0.15) is 18.7 Å². The van der Waals surface area contributed by atoms with E-state index in [1.54, 1.807) is 11.8 Å². The molecular weight excluding hydrogens is 308 g/mol. The Morgan fingerprint density at radius 3 is 2.74 bits per heavy atom. The van der Waals surface area contributed by atoms with Gasteiger partial charge in [0.05, 0.1) is 0 Å². The van der Waals surface area contributed by atoms with Crippen LogP contribution in [-0.2, 0) is 6.42 Å². The van der Waals surface area contributed by atoms with Crippen molar-refractivity contribution in [1.29, 1.82) is 0 Å². The summed E-state index contributed by atoms with van der Waals surface area (Å²) in [4.78, 5) is 14.4. The molecule has 0 unspecified atom stereocenters. The smallest absolute Gasteiger partial charge is 0.295 e. The molecule has 4 rings (SSSR count). The second kappa shape index (κ2) is 6.20. The molecule has 23 heavy (non-hydrogen) atoms. The third-order valence-corrected chi connectivity index (χ3v) is 4.93. The third-order valence-electron chi connectivity index (χ3n) is 4.25. The monoisotopic (exact) mass is 326 g/mol. The molecule has 0 bridgehead atoms. The second-order valence-electron chi connectivity index (χ2n) is 5.91. The Bertz CT molecular complexity index is 763. The summed E-state index contributed by atoms with van der Waals surface area (Å²) in [5.74, 6) is 1.57. The van der Waals surface area contributed by atoms with Crippen molar-refractivity contribution in [3.8, 4) is 0 Å². The summed E-state index contributed by atoms with van der Waals surface area (Å²) in [5, 5.41) is 3.38. The quantitative estimate of drug-likeness (QED) is 0.720. The summed E-state index contributed by atoms with van der Waals surface area (Å²) in [6.45, 7) is 0. The van der Waals surface area contributed by atoms with Gasteiger partial charge in [-0.3, -0.25) is 0 Å². The van der Waals surface area contributed by atoms with E-state index in [0.717, 1.165) is 41.1 Å². The largest absolute Gasteiger partial charge is 0.424 e. The molecule has 1 aliphatic carbocycles. The van der Waals surface area contributed by atoms with Crippen molar-refractivity contribution in [3.05, 3.63) is 42.5 Å². The normalized spacial score (nSPS) is 20.4. The van der Waals surface area contributed by atoms with E-state index in [2.05, 4.69) is 20.3 Å². The highest BCUT2D eigenvalue weighted by atomic mass is 32.2. The number of para-hydroxylation sites is 2. The molecule has 0 spiro atoms.